The van der Waals surface area contributed by atoms with Gasteiger partial charge in [-0.3, -0.25) is 0 Å². The lowest BCUT2D eigenvalue weighted by Gasteiger charge is -2.07. The quantitative estimate of drug-likeness (QED) is 0.569. The molecule has 82 valence electrons. The average Bonchev–Trinajstić information content (AvgIpc) is 2.25. The van der Waals surface area contributed by atoms with Crippen LogP contribution in [0, 0.1) is 0 Å². The summed E-state index contributed by atoms with van der Waals surface area (Å²) < 4.78 is 0. The summed E-state index contributed by atoms with van der Waals surface area (Å²) in [5.74, 6) is 0.177. The molecule has 0 fully saturated rings. The number of amides is 2. The number of nitrogens with two attached hydrogens (primary N) is 1. The van der Waals surface area contributed by atoms with Gasteiger partial charge in [0.05, 0.1) is 0 Å². The number of aromatic hydroxyl groups is 1. The van der Waals surface area contributed by atoms with E-state index in [1.165, 1.54) is 0 Å². The van der Waals surface area contributed by atoms with Gasteiger partial charge in [0.1, 0.15) is 5.75 Å². The highest BCUT2D eigenvalue weighted by molar-refractivity contribution is 5.73. The Morgan fingerprint density at radius 2 is 2.07 bits per heavy atom. The minimum Gasteiger partial charge on any atom is -0.508 e. The lowest BCUT2D eigenvalue weighted by molar-refractivity contribution is 0.240. The first-order chi connectivity index (χ1) is 7.24. The largest absolute Gasteiger partial charge is 0.508 e. The number of hydrogen-bond acceptors (Lipinski definition) is 3. The van der Waals surface area contributed by atoms with Gasteiger partial charge in [-0.2, -0.15) is 0 Å². The number of benzene rings is 1. The smallest absolute Gasteiger partial charge is 0.315 e. The van der Waals surface area contributed by atoms with Crippen LogP contribution in [0.15, 0.2) is 24.3 Å². The first-order valence-corrected chi connectivity index (χ1v) is 4.72. The van der Waals surface area contributed by atoms with Gasteiger partial charge in [0.25, 0.3) is 0 Å². The molecule has 0 aliphatic carbocycles. The second kappa shape index (κ2) is 5.87. The molecule has 0 unspecified atom stereocenters. The highest BCUT2D eigenvalue weighted by atomic mass is 16.3. The third-order valence-electron chi connectivity index (χ3n) is 1.86. The number of carbonyl (C=O) groups is 1. The Balaban J connectivity index is 2.37. The van der Waals surface area contributed by atoms with Crippen LogP contribution in [0.5, 0.6) is 5.75 Å². The molecule has 0 radical (unpaired) electrons. The second-order valence-corrected chi connectivity index (χ2v) is 3.03. The number of rotatable bonds is 4. The van der Waals surface area contributed by atoms with Crippen LogP contribution >= 0.6 is 0 Å². The van der Waals surface area contributed by atoms with Crippen LogP contribution in [0.1, 0.15) is 5.56 Å². The Labute approximate surface area is 88.3 Å². The highest BCUT2D eigenvalue weighted by Crippen LogP contribution is 2.14. The van der Waals surface area contributed by atoms with Gasteiger partial charge >= 0.3 is 6.03 Å². The van der Waals surface area contributed by atoms with E-state index < -0.39 is 0 Å². The molecule has 0 bridgehead atoms. The van der Waals surface area contributed by atoms with Gasteiger partial charge in [-0.05, 0) is 6.07 Å². The summed E-state index contributed by atoms with van der Waals surface area (Å²) in [4.78, 5) is 11.1. The minimum absolute atomic E-state index is 0.177. The van der Waals surface area contributed by atoms with Crippen molar-refractivity contribution in [2.24, 2.45) is 5.73 Å². The molecule has 0 spiro atoms. The summed E-state index contributed by atoms with van der Waals surface area (Å²) in [6, 6.07) is 6.57. The number of urea groups is 1. The number of phenolic OH excluding ortho intramolecular Hbond substituents is 1. The maximum absolute atomic E-state index is 11.1. The Kier molecular flexibility index (Phi) is 4.43. The Morgan fingerprint density at radius 1 is 1.33 bits per heavy atom. The Morgan fingerprint density at radius 3 is 2.73 bits per heavy atom. The van der Waals surface area contributed by atoms with Gasteiger partial charge in [-0.25, -0.2) is 4.79 Å². The molecule has 5 heteroatoms. The molecule has 2 amide bonds. The Bertz CT molecular complexity index is 328. The molecular weight excluding hydrogens is 194 g/mol. The van der Waals surface area contributed by atoms with Crippen LogP contribution in [-0.2, 0) is 6.54 Å². The topological polar surface area (TPSA) is 87.4 Å². The molecule has 5 N–H and O–H groups in total. The van der Waals surface area contributed by atoms with E-state index in [1.807, 2.05) is 0 Å². The van der Waals surface area contributed by atoms with E-state index in [1.54, 1.807) is 24.3 Å². The molecule has 1 rings (SSSR count). The standard InChI is InChI=1S/C10H15N3O2/c11-5-6-12-10(15)13-7-8-3-1-2-4-9(8)14/h1-4,14H,5-7,11H2,(H2,12,13,15). The van der Waals surface area contributed by atoms with Crippen molar-refractivity contribution < 1.29 is 9.90 Å². The fourth-order valence-electron chi connectivity index (χ4n) is 1.08. The third kappa shape index (κ3) is 3.86. The molecule has 0 aromatic heterocycles. The first kappa shape index (κ1) is 11.3. The fourth-order valence-corrected chi connectivity index (χ4v) is 1.08. The minimum atomic E-state index is -0.288. The van der Waals surface area contributed by atoms with Crippen LogP contribution in [0.4, 0.5) is 4.79 Å². The zero-order chi connectivity index (χ0) is 11.1. The maximum Gasteiger partial charge on any atom is 0.315 e. The van der Waals surface area contributed by atoms with E-state index in [4.69, 9.17) is 5.73 Å². The molecular formula is C10H15N3O2. The van der Waals surface area contributed by atoms with E-state index in [-0.39, 0.29) is 11.8 Å². The lowest BCUT2D eigenvalue weighted by Crippen LogP contribution is -2.37. The zero-order valence-corrected chi connectivity index (χ0v) is 8.36. The van der Waals surface area contributed by atoms with Gasteiger partial charge in [-0.1, -0.05) is 18.2 Å². The number of carbonyl (C=O) groups excluding carboxylic acids is 1. The van der Waals surface area contributed by atoms with Crippen molar-refractivity contribution in [1.29, 1.82) is 0 Å². The molecule has 0 aliphatic heterocycles. The highest BCUT2D eigenvalue weighted by Gasteiger charge is 2.01. The second-order valence-electron chi connectivity index (χ2n) is 3.03. The maximum atomic E-state index is 11.1. The van der Waals surface area contributed by atoms with Gasteiger partial charge in [0.15, 0.2) is 0 Å². The van der Waals surface area contributed by atoms with Gasteiger partial charge in [-0.15, -0.1) is 0 Å². The fraction of sp³-hybridized carbons (Fsp3) is 0.300. The summed E-state index contributed by atoms with van der Waals surface area (Å²) in [5.41, 5.74) is 5.91. The summed E-state index contributed by atoms with van der Waals surface area (Å²) in [5, 5.41) is 14.6. The molecule has 0 saturated carbocycles. The van der Waals surface area contributed by atoms with Crippen molar-refractivity contribution in [3.05, 3.63) is 29.8 Å². The van der Waals surface area contributed by atoms with Crippen molar-refractivity contribution in [3.8, 4) is 5.75 Å². The van der Waals surface area contributed by atoms with E-state index >= 15 is 0 Å². The summed E-state index contributed by atoms with van der Waals surface area (Å²) in [6.07, 6.45) is 0. The molecule has 1 aromatic carbocycles. The van der Waals surface area contributed by atoms with Crippen molar-refractivity contribution in [2.75, 3.05) is 13.1 Å². The van der Waals surface area contributed by atoms with E-state index in [9.17, 15) is 9.90 Å². The first-order valence-electron chi connectivity index (χ1n) is 4.72. The van der Waals surface area contributed by atoms with Crippen LogP contribution in [0.2, 0.25) is 0 Å². The molecule has 0 heterocycles. The normalized spacial score (nSPS) is 9.67. The summed E-state index contributed by atoms with van der Waals surface area (Å²) in [7, 11) is 0. The molecule has 5 nitrogen and oxygen atoms in total. The predicted molar refractivity (Wildman–Crippen MR) is 57.4 cm³/mol. The van der Waals surface area contributed by atoms with Gasteiger partial charge in [0, 0.05) is 25.2 Å². The van der Waals surface area contributed by atoms with Crippen LogP contribution in [0.3, 0.4) is 0 Å². The lowest BCUT2D eigenvalue weighted by atomic mass is 10.2. The van der Waals surface area contributed by atoms with Gasteiger partial charge < -0.3 is 21.5 Å². The van der Waals surface area contributed by atoms with E-state index in [0.717, 1.165) is 0 Å². The van der Waals surface area contributed by atoms with E-state index in [0.29, 0.717) is 25.2 Å². The number of para-hydroxylation sites is 1. The monoisotopic (exact) mass is 209 g/mol. The van der Waals surface area contributed by atoms with Crippen molar-refractivity contribution in [1.82, 2.24) is 10.6 Å². The third-order valence-corrected chi connectivity index (χ3v) is 1.86. The SMILES string of the molecule is NCCNC(=O)NCc1ccccc1O. The molecule has 0 saturated heterocycles. The summed E-state index contributed by atoms with van der Waals surface area (Å²) >= 11 is 0. The van der Waals surface area contributed by atoms with Crippen LogP contribution < -0.4 is 16.4 Å². The molecule has 0 atom stereocenters. The van der Waals surface area contributed by atoms with Crippen molar-refractivity contribution in [3.63, 3.8) is 0 Å². The van der Waals surface area contributed by atoms with Crippen molar-refractivity contribution in [2.45, 2.75) is 6.54 Å². The predicted octanol–water partition coefficient (Wildman–Crippen LogP) is 0.150. The Hall–Kier alpha value is -1.75. The number of phenols is 1. The summed E-state index contributed by atoms with van der Waals surface area (Å²) in [6.45, 7) is 1.14. The van der Waals surface area contributed by atoms with E-state index in [2.05, 4.69) is 10.6 Å². The average molecular weight is 209 g/mol. The van der Waals surface area contributed by atoms with Gasteiger partial charge in [0.2, 0.25) is 0 Å². The van der Waals surface area contributed by atoms with Crippen molar-refractivity contribution >= 4 is 6.03 Å². The zero-order valence-electron chi connectivity index (χ0n) is 8.36. The molecule has 15 heavy (non-hydrogen) atoms. The molecule has 0 aliphatic rings. The number of nitrogens with one attached hydrogen (secondary N) is 2. The van der Waals surface area contributed by atoms with Crippen LogP contribution in [-0.4, -0.2) is 24.2 Å². The molecule has 1 aromatic rings. The van der Waals surface area contributed by atoms with Crippen LogP contribution in [0.25, 0.3) is 0 Å². The number of hydrogen-bond donors (Lipinski definition) is 4.